The zero-order valence-corrected chi connectivity index (χ0v) is 15.0. The van der Waals surface area contributed by atoms with Gasteiger partial charge in [-0.1, -0.05) is 0 Å². The molecule has 0 bridgehead atoms. The van der Waals surface area contributed by atoms with Crippen LogP contribution in [0.15, 0.2) is 24.5 Å². The Balaban J connectivity index is 1.68. The molecule has 1 aromatic rings. The van der Waals surface area contributed by atoms with Crippen LogP contribution in [-0.4, -0.2) is 52.4 Å². The van der Waals surface area contributed by atoms with Gasteiger partial charge in [0.1, 0.15) is 0 Å². The second-order valence-corrected chi connectivity index (χ2v) is 8.41. The Morgan fingerprint density at radius 3 is 2.71 bits per heavy atom. The summed E-state index contributed by atoms with van der Waals surface area (Å²) in [6, 6.07) is 4.00. The first-order valence-electron chi connectivity index (χ1n) is 9.03. The van der Waals surface area contributed by atoms with Crippen LogP contribution in [0.25, 0.3) is 0 Å². The lowest BCUT2D eigenvalue weighted by Gasteiger charge is -2.49. The first kappa shape index (κ1) is 17.4. The molecule has 2 saturated heterocycles. The fourth-order valence-corrected chi connectivity index (χ4v) is 4.31. The molecule has 1 atom stereocenters. The summed E-state index contributed by atoms with van der Waals surface area (Å²) in [7, 11) is 0. The molecule has 2 fully saturated rings. The van der Waals surface area contributed by atoms with Gasteiger partial charge >= 0.3 is 0 Å². The van der Waals surface area contributed by atoms with E-state index < -0.39 is 0 Å². The molecule has 1 aromatic heterocycles. The van der Waals surface area contributed by atoms with Crippen molar-refractivity contribution < 1.29 is 4.79 Å². The number of rotatable bonds is 4. The van der Waals surface area contributed by atoms with Crippen LogP contribution >= 0.6 is 0 Å². The smallest absolute Gasteiger partial charge is 0.222 e. The molecule has 1 spiro atoms. The maximum Gasteiger partial charge on any atom is 0.222 e. The second-order valence-electron chi connectivity index (χ2n) is 8.41. The van der Waals surface area contributed by atoms with Gasteiger partial charge in [-0.25, -0.2) is 0 Å². The maximum absolute atomic E-state index is 12.4. The van der Waals surface area contributed by atoms with Gasteiger partial charge in [0.15, 0.2) is 0 Å². The summed E-state index contributed by atoms with van der Waals surface area (Å²) in [6.45, 7) is 8.87. The Labute approximate surface area is 145 Å². The predicted molar refractivity (Wildman–Crippen MR) is 95.3 cm³/mol. The molecule has 0 radical (unpaired) electrons. The number of carbonyl (C=O) groups is 1. The minimum absolute atomic E-state index is 0.167. The summed E-state index contributed by atoms with van der Waals surface area (Å²) in [6.07, 6.45) is 7.70. The highest BCUT2D eigenvalue weighted by Gasteiger charge is 2.42. The normalized spacial score (nSPS) is 26.1. The van der Waals surface area contributed by atoms with Crippen molar-refractivity contribution in [3.8, 4) is 0 Å². The van der Waals surface area contributed by atoms with Crippen LogP contribution in [0.2, 0.25) is 0 Å². The van der Waals surface area contributed by atoms with E-state index >= 15 is 0 Å². The quantitative estimate of drug-likeness (QED) is 0.917. The standard InChI is InChI=1S/C19H30N4O/c1-18(2,20)13-22-11-3-7-19(14-22)8-4-17(24)23(15-19)12-16-5-9-21-10-6-16/h5-6,9-10H,3-4,7-8,11-15,20H2,1-2H3/t19-/m0/s1. The highest BCUT2D eigenvalue weighted by atomic mass is 16.2. The highest BCUT2D eigenvalue weighted by Crippen LogP contribution is 2.39. The van der Waals surface area contributed by atoms with Crippen LogP contribution in [0.4, 0.5) is 0 Å². The lowest BCUT2D eigenvalue weighted by Crippen LogP contribution is -2.56. The Morgan fingerprint density at radius 1 is 1.25 bits per heavy atom. The van der Waals surface area contributed by atoms with Gasteiger partial charge in [0.2, 0.25) is 5.91 Å². The van der Waals surface area contributed by atoms with Crippen molar-refractivity contribution in [3.63, 3.8) is 0 Å². The third-order valence-electron chi connectivity index (χ3n) is 5.24. The van der Waals surface area contributed by atoms with Crippen molar-refractivity contribution >= 4 is 5.91 Å². The minimum Gasteiger partial charge on any atom is -0.338 e. The molecule has 2 aliphatic rings. The third-order valence-corrected chi connectivity index (χ3v) is 5.24. The molecule has 3 rings (SSSR count). The fraction of sp³-hybridized carbons (Fsp3) is 0.684. The number of pyridine rings is 1. The van der Waals surface area contributed by atoms with E-state index in [1.54, 1.807) is 12.4 Å². The zero-order valence-electron chi connectivity index (χ0n) is 15.0. The Hall–Kier alpha value is -1.46. The average Bonchev–Trinajstić information content (AvgIpc) is 2.51. The summed E-state index contributed by atoms with van der Waals surface area (Å²) in [5, 5.41) is 0. The molecular formula is C19H30N4O. The van der Waals surface area contributed by atoms with E-state index in [0.29, 0.717) is 13.0 Å². The van der Waals surface area contributed by atoms with Gasteiger partial charge < -0.3 is 15.5 Å². The van der Waals surface area contributed by atoms with Crippen molar-refractivity contribution in [1.29, 1.82) is 0 Å². The number of likely N-dealkylation sites (tertiary alicyclic amines) is 2. The molecule has 5 heteroatoms. The van der Waals surface area contributed by atoms with E-state index in [1.807, 2.05) is 12.1 Å². The predicted octanol–water partition coefficient (Wildman–Crippen LogP) is 2.02. The zero-order chi connectivity index (χ0) is 17.2. The topological polar surface area (TPSA) is 62.5 Å². The van der Waals surface area contributed by atoms with Gasteiger partial charge in [-0.3, -0.25) is 9.78 Å². The fourth-order valence-electron chi connectivity index (χ4n) is 4.31. The van der Waals surface area contributed by atoms with Crippen molar-refractivity contribution in [2.45, 2.75) is 51.6 Å². The van der Waals surface area contributed by atoms with Crippen molar-refractivity contribution in [2.75, 3.05) is 26.2 Å². The van der Waals surface area contributed by atoms with Gasteiger partial charge in [-0.2, -0.15) is 0 Å². The molecule has 132 valence electrons. The number of nitrogens with zero attached hydrogens (tertiary/aromatic N) is 3. The first-order valence-corrected chi connectivity index (χ1v) is 9.03. The summed E-state index contributed by atoms with van der Waals surface area (Å²) in [5.41, 5.74) is 7.46. The molecule has 1 amide bonds. The third kappa shape index (κ3) is 4.33. The number of carbonyl (C=O) groups excluding carboxylic acids is 1. The van der Waals surface area contributed by atoms with E-state index in [4.69, 9.17) is 5.73 Å². The van der Waals surface area contributed by atoms with Crippen LogP contribution in [0.5, 0.6) is 0 Å². The van der Waals surface area contributed by atoms with Gasteiger partial charge in [-0.05, 0) is 57.4 Å². The molecule has 0 aliphatic carbocycles. The van der Waals surface area contributed by atoms with Crippen molar-refractivity contribution in [2.24, 2.45) is 11.1 Å². The molecule has 0 aromatic carbocycles. The van der Waals surface area contributed by atoms with E-state index in [0.717, 1.165) is 38.2 Å². The molecule has 3 heterocycles. The molecule has 2 aliphatic heterocycles. The van der Waals surface area contributed by atoms with E-state index in [-0.39, 0.29) is 16.9 Å². The molecule has 0 saturated carbocycles. The molecule has 24 heavy (non-hydrogen) atoms. The summed E-state index contributed by atoms with van der Waals surface area (Å²) < 4.78 is 0. The van der Waals surface area contributed by atoms with Gasteiger partial charge in [-0.15, -0.1) is 0 Å². The van der Waals surface area contributed by atoms with Crippen LogP contribution in [-0.2, 0) is 11.3 Å². The monoisotopic (exact) mass is 330 g/mol. The van der Waals surface area contributed by atoms with Crippen LogP contribution in [0, 0.1) is 5.41 Å². The minimum atomic E-state index is -0.167. The number of hydrogen-bond acceptors (Lipinski definition) is 4. The largest absolute Gasteiger partial charge is 0.338 e. The van der Waals surface area contributed by atoms with Gasteiger partial charge in [0, 0.05) is 55.9 Å². The molecule has 2 N–H and O–H groups in total. The number of piperidine rings is 2. The Bertz CT molecular complexity index is 568. The van der Waals surface area contributed by atoms with Crippen molar-refractivity contribution in [3.05, 3.63) is 30.1 Å². The van der Waals surface area contributed by atoms with Crippen LogP contribution in [0.1, 0.15) is 45.1 Å². The number of nitrogens with two attached hydrogens (primary N) is 1. The number of aromatic nitrogens is 1. The summed E-state index contributed by atoms with van der Waals surface area (Å²) in [5.74, 6) is 0.286. The summed E-state index contributed by atoms with van der Waals surface area (Å²) in [4.78, 5) is 21.0. The molecule has 0 unspecified atom stereocenters. The molecule has 5 nitrogen and oxygen atoms in total. The van der Waals surface area contributed by atoms with Gasteiger partial charge in [0.05, 0.1) is 0 Å². The molecular weight excluding hydrogens is 300 g/mol. The number of hydrogen-bond donors (Lipinski definition) is 1. The maximum atomic E-state index is 12.4. The van der Waals surface area contributed by atoms with E-state index in [2.05, 4.69) is 28.6 Å². The van der Waals surface area contributed by atoms with Crippen LogP contribution < -0.4 is 5.73 Å². The highest BCUT2D eigenvalue weighted by molar-refractivity contribution is 5.77. The SMILES string of the molecule is CC(C)(N)CN1CCC[C@]2(CCC(=O)N(Cc3ccncc3)C2)C1. The summed E-state index contributed by atoms with van der Waals surface area (Å²) >= 11 is 0. The average molecular weight is 330 g/mol. The van der Waals surface area contributed by atoms with E-state index in [1.165, 1.54) is 12.8 Å². The lowest BCUT2D eigenvalue weighted by atomic mass is 9.73. The first-order chi connectivity index (χ1) is 11.4. The van der Waals surface area contributed by atoms with Crippen LogP contribution in [0.3, 0.4) is 0 Å². The van der Waals surface area contributed by atoms with E-state index in [9.17, 15) is 4.79 Å². The van der Waals surface area contributed by atoms with Gasteiger partial charge in [0.25, 0.3) is 0 Å². The lowest BCUT2D eigenvalue weighted by molar-refractivity contribution is -0.140. The second kappa shape index (κ2) is 6.81. The van der Waals surface area contributed by atoms with Crippen molar-refractivity contribution in [1.82, 2.24) is 14.8 Å². The Morgan fingerprint density at radius 2 is 2.00 bits per heavy atom. The Kier molecular flexibility index (Phi) is 4.92. The number of amides is 1.